The average Bonchev–Trinajstić information content (AvgIpc) is 3.20. The van der Waals surface area contributed by atoms with Crippen molar-refractivity contribution in [2.75, 3.05) is 18.0 Å². The molecule has 10 heteroatoms. The van der Waals surface area contributed by atoms with Crippen molar-refractivity contribution in [2.45, 2.75) is 37.0 Å². The van der Waals surface area contributed by atoms with E-state index in [0.29, 0.717) is 11.6 Å². The SMILES string of the molecule is Cc1cc(CNC(=O)c2ccccc2S(=O)(=O)C(F)F)nc(N2CCCC2)n1. The van der Waals surface area contributed by atoms with Gasteiger partial charge in [0.05, 0.1) is 22.7 Å². The molecule has 1 fully saturated rings. The third-order valence-electron chi connectivity index (χ3n) is 4.39. The summed E-state index contributed by atoms with van der Waals surface area (Å²) in [7, 11) is -4.89. The zero-order valence-electron chi connectivity index (χ0n) is 15.2. The molecule has 0 bridgehead atoms. The smallest absolute Gasteiger partial charge is 0.341 e. The molecule has 3 rings (SSSR count). The van der Waals surface area contributed by atoms with Gasteiger partial charge in [0.25, 0.3) is 5.91 Å². The minimum absolute atomic E-state index is 0.0199. The number of anilines is 1. The second-order valence-electron chi connectivity index (χ2n) is 6.48. The Kier molecular flexibility index (Phi) is 5.87. The Hall–Kier alpha value is -2.62. The quantitative estimate of drug-likeness (QED) is 0.786. The van der Waals surface area contributed by atoms with Crippen LogP contribution in [-0.2, 0) is 16.4 Å². The molecule has 1 amide bonds. The van der Waals surface area contributed by atoms with Crippen molar-refractivity contribution in [2.24, 2.45) is 0 Å². The van der Waals surface area contributed by atoms with Crippen LogP contribution in [0, 0.1) is 6.92 Å². The van der Waals surface area contributed by atoms with Crippen LogP contribution in [0.25, 0.3) is 0 Å². The van der Waals surface area contributed by atoms with Crippen LogP contribution in [0.5, 0.6) is 0 Å². The van der Waals surface area contributed by atoms with Gasteiger partial charge in [0.1, 0.15) is 0 Å². The van der Waals surface area contributed by atoms with Crippen LogP contribution in [-0.4, -0.2) is 43.1 Å². The van der Waals surface area contributed by atoms with Gasteiger partial charge in [-0.15, -0.1) is 0 Å². The highest BCUT2D eigenvalue weighted by atomic mass is 32.2. The maximum atomic E-state index is 12.9. The van der Waals surface area contributed by atoms with Crippen molar-refractivity contribution in [3.63, 3.8) is 0 Å². The molecule has 0 spiro atoms. The fourth-order valence-corrected chi connectivity index (χ4v) is 3.96. The summed E-state index contributed by atoms with van der Waals surface area (Å²) >= 11 is 0. The minimum atomic E-state index is -4.89. The summed E-state index contributed by atoms with van der Waals surface area (Å²) in [6.07, 6.45) is 2.14. The number of amides is 1. The number of aromatic nitrogens is 2. The number of halogens is 2. The van der Waals surface area contributed by atoms with Crippen LogP contribution in [0.4, 0.5) is 14.7 Å². The van der Waals surface area contributed by atoms with Gasteiger partial charge in [-0.1, -0.05) is 12.1 Å². The highest BCUT2D eigenvalue weighted by molar-refractivity contribution is 7.91. The summed E-state index contributed by atoms with van der Waals surface area (Å²) in [6, 6.07) is 6.62. The largest absolute Gasteiger partial charge is 0.346 e. The molecule has 2 heterocycles. The number of alkyl halides is 2. The molecule has 1 saturated heterocycles. The number of hydrogen-bond acceptors (Lipinski definition) is 6. The van der Waals surface area contributed by atoms with Crippen molar-refractivity contribution in [3.05, 3.63) is 47.3 Å². The topological polar surface area (TPSA) is 92.3 Å². The molecule has 1 aliphatic heterocycles. The molecule has 1 aliphatic rings. The lowest BCUT2D eigenvalue weighted by atomic mass is 10.2. The van der Waals surface area contributed by atoms with Gasteiger partial charge < -0.3 is 10.2 Å². The summed E-state index contributed by atoms with van der Waals surface area (Å²) in [5.74, 6) is -3.78. The first-order chi connectivity index (χ1) is 13.3. The van der Waals surface area contributed by atoms with E-state index in [9.17, 15) is 22.0 Å². The molecule has 2 aromatic rings. The molecule has 1 N–H and O–H groups in total. The Morgan fingerprint density at radius 2 is 1.89 bits per heavy atom. The van der Waals surface area contributed by atoms with Crippen molar-refractivity contribution >= 4 is 21.7 Å². The number of benzene rings is 1. The van der Waals surface area contributed by atoms with E-state index in [-0.39, 0.29) is 12.1 Å². The van der Waals surface area contributed by atoms with Gasteiger partial charge in [-0.05, 0) is 38.0 Å². The molecule has 7 nitrogen and oxygen atoms in total. The molecular weight excluding hydrogens is 390 g/mol. The number of nitrogens with zero attached hydrogens (tertiary/aromatic N) is 3. The van der Waals surface area contributed by atoms with Crippen LogP contribution >= 0.6 is 0 Å². The van der Waals surface area contributed by atoms with Crippen molar-refractivity contribution in [1.82, 2.24) is 15.3 Å². The van der Waals surface area contributed by atoms with E-state index in [1.54, 1.807) is 6.07 Å². The van der Waals surface area contributed by atoms with Gasteiger partial charge in [0.2, 0.25) is 15.8 Å². The van der Waals surface area contributed by atoms with Gasteiger partial charge in [-0.25, -0.2) is 18.4 Å². The number of hydrogen-bond donors (Lipinski definition) is 1. The fraction of sp³-hybridized carbons (Fsp3) is 0.389. The van der Waals surface area contributed by atoms with Gasteiger partial charge in [0, 0.05) is 18.8 Å². The summed E-state index contributed by atoms with van der Waals surface area (Å²) in [5.41, 5.74) is 0.965. The highest BCUT2D eigenvalue weighted by Gasteiger charge is 2.30. The number of aryl methyl sites for hydroxylation is 1. The van der Waals surface area contributed by atoms with Crippen molar-refractivity contribution in [1.29, 1.82) is 0 Å². The monoisotopic (exact) mass is 410 g/mol. The van der Waals surface area contributed by atoms with Crippen LogP contribution in [0.3, 0.4) is 0 Å². The van der Waals surface area contributed by atoms with Crippen LogP contribution in [0.1, 0.15) is 34.6 Å². The number of carbonyl (C=O) groups is 1. The van der Waals surface area contributed by atoms with Gasteiger partial charge >= 0.3 is 5.76 Å². The van der Waals surface area contributed by atoms with E-state index < -0.39 is 26.4 Å². The third kappa shape index (κ3) is 4.27. The van der Waals surface area contributed by atoms with Crippen LogP contribution < -0.4 is 10.2 Å². The summed E-state index contributed by atoms with van der Waals surface area (Å²) in [4.78, 5) is 22.7. The maximum Gasteiger partial charge on any atom is 0.341 e. The Bertz CT molecular complexity index is 977. The van der Waals surface area contributed by atoms with Crippen LogP contribution in [0.15, 0.2) is 35.2 Å². The molecule has 0 radical (unpaired) electrons. The minimum Gasteiger partial charge on any atom is -0.346 e. The zero-order chi connectivity index (χ0) is 20.3. The third-order valence-corrected chi connectivity index (χ3v) is 5.83. The molecule has 0 unspecified atom stereocenters. The Morgan fingerprint density at radius 1 is 1.21 bits per heavy atom. The van der Waals surface area contributed by atoms with Crippen molar-refractivity contribution in [3.8, 4) is 0 Å². The predicted octanol–water partition coefficient (Wildman–Crippen LogP) is 2.31. The molecule has 0 saturated carbocycles. The predicted molar refractivity (Wildman–Crippen MR) is 99.0 cm³/mol. The second-order valence-corrected chi connectivity index (χ2v) is 8.37. The molecule has 1 aromatic heterocycles. The van der Waals surface area contributed by atoms with E-state index in [4.69, 9.17) is 0 Å². The lowest BCUT2D eigenvalue weighted by molar-refractivity contribution is 0.0947. The Balaban J connectivity index is 1.79. The lowest BCUT2D eigenvalue weighted by Crippen LogP contribution is -2.27. The Morgan fingerprint density at radius 3 is 2.57 bits per heavy atom. The maximum absolute atomic E-state index is 12.9. The second kappa shape index (κ2) is 8.17. The van der Waals surface area contributed by atoms with Gasteiger partial charge in [-0.3, -0.25) is 4.79 Å². The van der Waals surface area contributed by atoms with Crippen molar-refractivity contribution < 1.29 is 22.0 Å². The van der Waals surface area contributed by atoms with E-state index >= 15 is 0 Å². The van der Waals surface area contributed by atoms with E-state index in [1.807, 2.05) is 6.92 Å². The summed E-state index contributed by atoms with van der Waals surface area (Å²) < 4.78 is 49.4. The summed E-state index contributed by atoms with van der Waals surface area (Å²) in [6.45, 7) is 3.57. The normalized spacial score (nSPS) is 14.5. The van der Waals surface area contributed by atoms with Gasteiger partial charge in [0.15, 0.2) is 0 Å². The molecule has 150 valence electrons. The number of nitrogens with one attached hydrogen (secondary N) is 1. The van der Waals surface area contributed by atoms with E-state index in [0.717, 1.165) is 37.7 Å². The number of rotatable bonds is 6. The van der Waals surface area contributed by atoms with Gasteiger partial charge in [-0.2, -0.15) is 8.78 Å². The first-order valence-electron chi connectivity index (χ1n) is 8.78. The standard InChI is InChI=1S/C18H20F2N4O3S/c1-12-10-13(23-18(22-12)24-8-4-5-9-24)11-21-16(25)14-6-2-3-7-15(14)28(26,27)17(19)20/h2-3,6-7,10,17H,4-5,8-9,11H2,1H3,(H,21,25). The van der Waals surface area contributed by atoms with E-state index in [2.05, 4.69) is 20.2 Å². The van der Waals surface area contributed by atoms with E-state index in [1.165, 1.54) is 18.2 Å². The first-order valence-corrected chi connectivity index (χ1v) is 10.3. The first kappa shape index (κ1) is 20.1. The molecule has 28 heavy (non-hydrogen) atoms. The molecule has 1 aromatic carbocycles. The number of sulfone groups is 1. The fourth-order valence-electron chi connectivity index (χ4n) is 3.03. The molecule has 0 atom stereocenters. The average molecular weight is 410 g/mol. The molecular formula is C18H20F2N4O3S. The highest BCUT2D eigenvalue weighted by Crippen LogP contribution is 2.22. The van der Waals surface area contributed by atoms with Crippen LogP contribution in [0.2, 0.25) is 0 Å². The zero-order valence-corrected chi connectivity index (χ0v) is 16.0. The summed E-state index contributed by atoms with van der Waals surface area (Å²) in [5, 5.41) is 2.55. The Labute approximate surface area is 161 Å². The number of carbonyl (C=O) groups excluding carboxylic acids is 1. The molecule has 0 aliphatic carbocycles. The lowest BCUT2D eigenvalue weighted by Gasteiger charge is -2.16.